The van der Waals surface area contributed by atoms with Crippen molar-refractivity contribution in [1.29, 1.82) is 0 Å². The molecule has 2 N–H and O–H groups in total. The van der Waals surface area contributed by atoms with E-state index in [0.717, 1.165) is 22.9 Å². The van der Waals surface area contributed by atoms with Gasteiger partial charge in [0.25, 0.3) is 5.91 Å². The average molecular weight is 330 g/mol. The number of aromatic nitrogens is 2. The lowest BCUT2D eigenvalue weighted by atomic mass is 10.1. The maximum atomic E-state index is 13.8. The molecule has 0 atom stereocenters. The van der Waals surface area contributed by atoms with Crippen LogP contribution in [0.25, 0.3) is 11.1 Å². The Morgan fingerprint density at radius 3 is 2.70 bits per heavy atom. The molecule has 0 unspecified atom stereocenters. The van der Waals surface area contributed by atoms with Crippen molar-refractivity contribution in [3.8, 4) is 11.1 Å². The summed E-state index contributed by atoms with van der Waals surface area (Å²) in [5.74, 6) is -0.896. The number of benzene rings is 2. The Kier molecular flexibility index (Phi) is 4.12. The quantitative estimate of drug-likeness (QED) is 0.746. The second kappa shape index (κ2) is 6.22. The van der Waals surface area contributed by atoms with E-state index in [1.165, 1.54) is 12.1 Å². The van der Waals surface area contributed by atoms with Crippen molar-refractivity contribution in [2.75, 3.05) is 5.32 Å². The van der Waals surface area contributed by atoms with Crippen molar-refractivity contribution in [2.45, 2.75) is 6.92 Å². The summed E-state index contributed by atoms with van der Waals surface area (Å²) in [6.45, 7) is 1.85. The number of halogens is 2. The van der Waals surface area contributed by atoms with Crippen LogP contribution in [0.1, 0.15) is 16.1 Å². The number of carbonyl (C=O) groups is 1. The molecule has 3 rings (SSSR count). The maximum Gasteiger partial charge on any atom is 0.259 e. The minimum atomic E-state index is -0.639. The first-order chi connectivity index (χ1) is 11.1. The topological polar surface area (TPSA) is 57.8 Å². The molecule has 0 saturated heterocycles. The number of hydrogen-bond acceptors (Lipinski definition) is 2. The number of rotatable bonds is 3. The molecule has 0 fully saturated rings. The highest BCUT2D eigenvalue weighted by atomic mass is 35.5. The summed E-state index contributed by atoms with van der Waals surface area (Å²) in [6, 6.07) is 13.3. The summed E-state index contributed by atoms with van der Waals surface area (Å²) in [7, 11) is 0. The zero-order valence-electron chi connectivity index (χ0n) is 12.2. The molecule has 0 aliphatic carbocycles. The molecule has 23 heavy (non-hydrogen) atoms. The Balaban J connectivity index is 1.95. The zero-order valence-corrected chi connectivity index (χ0v) is 13.0. The summed E-state index contributed by atoms with van der Waals surface area (Å²) in [6.07, 6.45) is 0. The Hall–Kier alpha value is -2.66. The highest BCUT2D eigenvalue weighted by Gasteiger charge is 2.18. The lowest BCUT2D eigenvalue weighted by molar-refractivity contribution is 0.102. The summed E-state index contributed by atoms with van der Waals surface area (Å²) in [4.78, 5) is 12.3. The molecule has 3 aromatic rings. The molecule has 0 aliphatic rings. The predicted molar refractivity (Wildman–Crippen MR) is 88.1 cm³/mol. The number of carbonyl (C=O) groups excluding carboxylic acids is 1. The van der Waals surface area contributed by atoms with Crippen LogP contribution in [0.4, 0.5) is 10.2 Å². The van der Waals surface area contributed by atoms with Gasteiger partial charge in [-0.1, -0.05) is 41.9 Å². The second-order valence-corrected chi connectivity index (χ2v) is 5.45. The largest absolute Gasteiger partial charge is 0.304 e. The van der Waals surface area contributed by atoms with Gasteiger partial charge < -0.3 is 5.32 Å². The molecule has 0 bridgehead atoms. The van der Waals surface area contributed by atoms with Gasteiger partial charge in [0.15, 0.2) is 5.82 Å². The van der Waals surface area contributed by atoms with Gasteiger partial charge in [0.05, 0.1) is 5.56 Å². The first-order valence-electron chi connectivity index (χ1n) is 6.93. The number of anilines is 1. The molecule has 4 nitrogen and oxygen atoms in total. The van der Waals surface area contributed by atoms with Crippen LogP contribution in [0.3, 0.4) is 0 Å². The molecule has 0 aliphatic heterocycles. The number of amides is 1. The van der Waals surface area contributed by atoms with E-state index in [0.29, 0.717) is 5.82 Å². The van der Waals surface area contributed by atoms with E-state index >= 15 is 0 Å². The van der Waals surface area contributed by atoms with Gasteiger partial charge in [-0.2, -0.15) is 5.10 Å². The van der Waals surface area contributed by atoms with E-state index in [2.05, 4.69) is 15.5 Å². The number of nitrogens with zero attached hydrogens (tertiary/aromatic N) is 1. The summed E-state index contributed by atoms with van der Waals surface area (Å²) in [5.41, 5.74) is 2.34. The molecule has 0 saturated carbocycles. The van der Waals surface area contributed by atoms with Crippen LogP contribution in [0.2, 0.25) is 5.02 Å². The van der Waals surface area contributed by atoms with Crippen LogP contribution in [0.15, 0.2) is 48.5 Å². The molecule has 1 aromatic heterocycles. The smallest absolute Gasteiger partial charge is 0.259 e. The Bertz CT molecular complexity index is 862. The van der Waals surface area contributed by atoms with E-state index in [1.54, 1.807) is 0 Å². The fraction of sp³-hybridized carbons (Fsp3) is 0.0588. The van der Waals surface area contributed by atoms with Gasteiger partial charge in [-0.15, -0.1) is 0 Å². The van der Waals surface area contributed by atoms with Crippen molar-refractivity contribution in [3.05, 3.63) is 70.6 Å². The van der Waals surface area contributed by atoms with E-state index in [4.69, 9.17) is 11.6 Å². The third-order valence-electron chi connectivity index (χ3n) is 3.41. The SMILES string of the molecule is Cc1[nH]nc(NC(=O)c2cc(Cl)ccc2F)c1-c1ccccc1. The first kappa shape index (κ1) is 15.2. The highest BCUT2D eigenvalue weighted by Crippen LogP contribution is 2.29. The van der Waals surface area contributed by atoms with Gasteiger partial charge >= 0.3 is 0 Å². The fourth-order valence-electron chi connectivity index (χ4n) is 2.32. The molecule has 1 heterocycles. The Morgan fingerprint density at radius 2 is 1.96 bits per heavy atom. The normalized spacial score (nSPS) is 10.6. The van der Waals surface area contributed by atoms with Crippen molar-refractivity contribution in [3.63, 3.8) is 0 Å². The van der Waals surface area contributed by atoms with Gasteiger partial charge in [-0.25, -0.2) is 4.39 Å². The molecule has 116 valence electrons. The fourth-order valence-corrected chi connectivity index (χ4v) is 2.50. The highest BCUT2D eigenvalue weighted by molar-refractivity contribution is 6.31. The molecule has 2 aromatic carbocycles. The van der Waals surface area contributed by atoms with Crippen molar-refractivity contribution in [2.24, 2.45) is 0 Å². The number of H-pyrrole nitrogens is 1. The second-order valence-electron chi connectivity index (χ2n) is 5.02. The number of aromatic amines is 1. The molecular weight excluding hydrogens is 317 g/mol. The van der Waals surface area contributed by atoms with Crippen LogP contribution >= 0.6 is 11.6 Å². The van der Waals surface area contributed by atoms with Crippen LogP contribution < -0.4 is 5.32 Å². The van der Waals surface area contributed by atoms with Gasteiger partial charge in [-0.3, -0.25) is 9.89 Å². The monoisotopic (exact) mass is 329 g/mol. The summed E-state index contributed by atoms with van der Waals surface area (Å²) < 4.78 is 13.8. The molecule has 1 amide bonds. The molecule has 0 spiro atoms. The summed E-state index contributed by atoms with van der Waals surface area (Å²) in [5, 5.41) is 9.86. The third kappa shape index (κ3) is 3.10. The zero-order chi connectivity index (χ0) is 16.4. The molecule has 6 heteroatoms. The lowest BCUT2D eigenvalue weighted by Gasteiger charge is -2.07. The van der Waals surface area contributed by atoms with Crippen molar-refractivity contribution < 1.29 is 9.18 Å². The Morgan fingerprint density at radius 1 is 1.22 bits per heavy atom. The lowest BCUT2D eigenvalue weighted by Crippen LogP contribution is -2.14. The standard InChI is InChI=1S/C17H13ClFN3O/c1-10-15(11-5-3-2-4-6-11)16(22-21-10)20-17(23)13-9-12(18)7-8-14(13)19/h2-9H,1H3,(H2,20,21,22,23). The van der Waals surface area contributed by atoms with E-state index in [1.807, 2.05) is 37.3 Å². The van der Waals surface area contributed by atoms with Crippen LogP contribution in [0, 0.1) is 12.7 Å². The third-order valence-corrected chi connectivity index (χ3v) is 3.65. The minimum Gasteiger partial charge on any atom is -0.304 e. The molecular formula is C17H13ClFN3O. The van der Waals surface area contributed by atoms with E-state index in [-0.39, 0.29) is 10.6 Å². The predicted octanol–water partition coefficient (Wildman–Crippen LogP) is 4.43. The van der Waals surface area contributed by atoms with Crippen molar-refractivity contribution >= 4 is 23.3 Å². The van der Waals surface area contributed by atoms with Gasteiger partial charge in [0, 0.05) is 16.3 Å². The van der Waals surface area contributed by atoms with Crippen LogP contribution in [-0.4, -0.2) is 16.1 Å². The molecule has 0 radical (unpaired) electrons. The van der Waals surface area contributed by atoms with Gasteiger partial charge in [0.2, 0.25) is 0 Å². The van der Waals surface area contributed by atoms with Crippen LogP contribution in [-0.2, 0) is 0 Å². The van der Waals surface area contributed by atoms with E-state index in [9.17, 15) is 9.18 Å². The van der Waals surface area contributed by atoms with Crippen LogP contribution in [0.5, 0.6) is 0 Å². The Labute approximate surface area is 137 Å². The van der Waals surface area contributed by atoms with E-state index < -0.39 is 11.7 Å². The summed E-state index contributed by atoms with van der Waals surface area (Å²) >= 11 is 5.83. The van der Waals surface area contributed by atoms with Gasteiger partial charge in [0.1, 0.15) is 5.82 Å². The maximum absolute atomic E-state index is 13.8. The van der Waals surface area contributed by atoms with Gasteiger partial charge in [-0.05, 0) is 30.7 Å². The number of nitrogens with one attached hydrogen (secondary N) is 2. The minimum absolute atomic E-state index is 0.128. The van der Waals surface area contributed by atoms with Crippen molar-refractivity contribution in [1.82, 2.24) is 10.2 Å². The number of aryl methyl sites for hydroxylation is 1. The number of hydrogen-bond donors (Lipinski definition) is 2. The first-order valence-corrected chi connectivity index (χ1v) is 7.31. The average Bonchev–Trinajstić information content (AvgIpc) is 2.91.